The number of aromatic nitrogens is 1. The smallest absolute Gasteiger partial charge is 0.268 e. The van der Waals surface area contributed by atoms with Gasteiger partial charge < -0.3 is 34.5 Å². The highest BCUT2D eigenvalue weighted by Gasteiger charge is 2.47. The van der Waals surface area contributed by atoms with E-state index in [0.29, 0.717) is 25.1 Å². The lowest BCUT2D eigenvalue weighted by atomic mass is 9.98. The van der Waals surface area contributed by atoms with Crippen LogP contribution in [0.25, 0.3) is 10.9 Å². The molecule has 4 aromatic carbocycles. The molecule has 5 aromatic rings. The summed E-state index contributed by atoms with van der Waals surface area (Å²) in [6, 6.07) is 35.3. The highest BCUT2D eigenvalue weighted by molar-refractivity contribution is 7.90. The zero-order valence-electron chi connectivity index (χ0n) is 29.2. The molecule has 10 nitrogen and oxygen atoms in total. The van der Waals surface area contributed by atoms with Crippen LogP contribution in [-0.4, -0.2) is 74.6 Å². The summed E-state index contributed by atoms with van der Waals surface area (Å²) in [6.45, 7) is 1.98. The molecule has 52 heavy (non-hydrogen) atoms. The number of ether oxygens (including phenoxy) is 5. The van der Waals surface area contributed by atoms with Crippen molar-refractivity contribution in [2.24, 2.45) is 5.73 Å². The third-order valence-corrected chi connectivity index (χ3v) is 10.9. The number of aliphatic hydroxyl groups excluding tert-OH is 1. The summed E-state index contributed by atoms with van der Waals surface area (Å²) >= 11 is 0. The molecule has 0 radical (unpaired) electrons. The summed E-state index contributed by atoms with van der Waals surface area (Å²) in [5.41, 5.74) is 8.94. The second-order valence-corrected chi connectivity index (χ2v) is 14.7. The van der Waals surface area contributed by atoms with Gasteiger partial charge in [-0.15, -0.1) is 0 Å². The van der Waals surface area contributed by atoms with Gasteiger partial charge in [0.25, 0.3) is 10.0 Å². The van der Waals surface area contributed by atoms with E-state index in [0.717, 1.165) is 41.3 Å². The lowest BCUT2D eigenvalue weighted by molar-refractivity contribution is -0.320. The number of aliphatic hydroxyl groups is 1. The topological polar surface area (TPSA) is 131 Å². The molecular formula is C41H48N2O8S. The second kappa shape index (κ2) is 18.7. The van der Waals surface area contributed by atoms with Gasteiger partial charge in [0.05, 0.1) is 36.8 Å². The van der Waals surface area contributed by atoms with Gasteiger partial charge in [-0.05, 0) is 67.1 Å². The molecular weight excluding hydrogens is 681 g/mol. The molecule has 1 aliphatic rings. The maximum Gasteiger partial charge on any atom is 0.268 e. The van der Waals surface area contributed by atoms with Crippen LogP contribution >= 0.6 is 0 Å². The fourth-order valence-electron chi connectivity index (χ4n) is 6.40. The SMILES string of the molecule is NCCCCCOC[C@H]1O[C@@H](OCCc2cn(S(=O)(=O)c3ccccc3)c3ccccc23)[C@H](OCc2ccccc2)[C@@H](OCc2ccccc2)[C@@H]1O. The van der Waals surface area contributed by atoms with Crippen molar-refractivity contribution < 1.29 is 37.2 Å². The number of para-hydroxylation sites is 1. The molecule has 0 saturated carbocycles. The number of hydrogen-bond acceptors (Lipinski definition) is 9. The van der Waals surface area contributed by atoms with Crippen molar-refractivity contribution in [3.8, 4) is 0 Å². The normalized spacial score (nSPS) is 20.7. The van der Waals surface area contributed by atoms with E-state index in [-0.39, 0.29) is 31.3 Å². The highest BCUT2D eigenvalue weighted by atomic mass is 32.2. The summed E-state index contributed by atoms with van der Waals surface area (Å²) in [4.78, 5) is 0.209. The van der Waals surface area contributed by atoms with Crippen molar-refractivity contribution in [2.75, 3.05) is 26.4 Å². The van der Waals surface area contributed by atoms with Gasteiger partial charge in [-0.25, -0.2) is 12.4 Å². The van der Waals surface area contributed by atoms with Crippen molar-refractivity contribution in [1.82, 2.24) is 3.97 Å². The van der Waals surface area contributed by atoms with Crippen LogP contribution in [-0.2, 0) is 53.3 Å². The Labute approximate surface area is 306 Å². The van der Waals surface area contributed by atoms with Crippen LogP contribution in [0.4, 0.5) is 0 Å². The lowest BCUT2D eigenvalue weighted by Crippen LogP contribution is -2.61. The van der Waals surface area contributed by atoms with Crippen LogP contribution in [0.3, 0.4) is 0 Å². The number of benzene rings is 4. The first-order valence-electron chi connectivity index (χ1n) is 17.9. The molecule has 0 unspecified atom stereocenters. The molecule has 3 N–H and O–H groups in total. The number of unbranched alkanes of at least 4 members (excludes halogenated alkanes) is 2. The van der Waals surface area contributed by atoms with Crippen LogP contribution in [0.15, 0.2) is 126 Å². The molecule has 0 amide bonds. The first kappa shape index (κ1) is 37.8. The zero-order valence-corrected chi connectivity index (χ0v) is 30.1. The van der Waals surface area contributed by atoms with Gasteiger partial charge in [0.2, 0.25) is 0 Å². The minimum atomic E-state index is -3.83. The molecule has 11 heteroatoms. The molecule has 276 valence electrons. The molecule has 6 rings (SSSR count). The molecule has 1 aliphatic heterocycles. The van der Waals surface area contributed by atoms with Gasteiger partial charge in [0, 0.05) is 18.2 Å². The van der Waals surface area contributed by atoms with Gasteiger partial charge in [-0.3, -0.25) is 0 Å². The average molecular weight is 729 g/mol. The molecule has 0 bridgehead atoms. The minimum absolute atomic E-state index is 0.144. The summed E-state index contributed by atoms with van der Waals surface area (Å²) in [6.07, 6.45) is 0.480. The standard InChI is InChI=1S/C41H48N2O8S/c42-24-13-4-14-25-47-30-37-38(44)39(49-28-31-15-5-1-6-16-31)40(50-29-32-17-7-2-8-18-32)41(51-37)48-26-23-33-27-43(36-22-12-11-21-35(33)36)52(45,46)34-19-9-3-10-20-34/h1-3,5-12,15-22,27,37-41,44H,4,13-14,23-26,28-30,42H2/t37-,38-,39+,40-,41-/m1/s1. The molecule has 5 atom stereocenters. The van der Waals surface area contributed by atoms with E-state index in [1.807, 2.05) is 78.9 Å². The Morgan fingerprint density at radius 2 is 1.33 bits per heavy atom. The van der Waals surface area contributed by atoms with Crippen LogP contribution < -0.4 is 5.73 Å². The van der Waals surface area contributed by atoms with E-state index in [1.54, 1.807) is 42.6 Å². The van der Waals surface area contributed by atoms with E-state index >= 15 is 0 Å². The van der Waals surface area contributed by atoms with Gasteiger partial charge in [-0.2, -0.15) is 0 Å². The van der Waals surface area contributed by atoms with Crippen LogP contribution in [0.5, 0.6) is 0 Å². The molecule has 0 aliphatic carbocycles. The van der Waals surface area contributed by atoms with Crippen LogP contribution in [0.2, 0.25) is 0 Å². The number of nitrogens with two attached hydrogens (primary N) is 1. The molecule has 1 fully saturated rings. The quantitative estimate of drug-likeness (QED) is 0.101. The van der Waals surface area contributed by atoms with Crippen molar-refractivity contribution >= 4 is 20.9 Å². The van der Waals surface area contributed by atoms with E-state index in [9.17, 15) is 13.5 Å². The van der Waals surface area contributed by atoms with Crippen LogP contribution in [0, 0.1) is 0 Å². The first-order valence-corrected chi connectivity index (χ1v) is 19.3. The zero-order chi connectivity index (χ0) is 36.2. The van der Waals surface area contributed by atoms with Gasteiger partial charge in [0.15, 0.2) is 6.29 Å². The summed E-state index contributed by atoms with van der Waals surface area (Å²) in [5, 5.41) is 12.5. The third kappa shape index (κ3) is 9.54. The first-order chi connectivity index (χ1) is 25.5. The van der Waals surface area contributed by atoms with E-state index in [4.69, 9.17) is 29.4 Å². The Kier molecular flexibility index (Phi) is 13.6. The molecule has 2 heterocycles. The largest absolute Gasteiger partial charge is 0.387 e. The molecule has 0 spiro atoms. The maximum atomic E-state index is 13.7. The summed E-state index contributed by atoms with van der Waals surface area (Å²) in [5.74, 6) is 0. The van der Waals surface area contributed by atoms with Gasteiger partial charge in [-0.1, -0.05) is 97.1 Å². The number of fused-ring (bicyclic) bond motifs is 1. The molecule has 1 aromatic heterocycles. The van der Waals surface area contributed by atoms with Crippen molar-refractivity contribution in [1.29, 1.82) is 0 Å². The minimum Gasteiger partial charge on any atom is -0.387 e. The second-order valence-electron chi connectivity index (χ2n) is 12.9. The Morgan fingerprint density at radius 1 is 0.712 bits per heavy atom. The fraction of sp³-hybridized carbons (Fsp3) is 0.366. The van der Waals surface area contributed by atoms with Gasteiger partial charge >= 0.3 is 0 Å². The predicted molar refractivity (Wildman–Crippen MR) is 199 cm³/mol. The highest BCUT2D eigenvalue weighted by Crippen LogP contribution is 2.30. The number of nitrogens with zero attached hydrogens (tertiary/aromatic N) is 1. The predicted octanol–water partition coefficient (Wildman–Crippen LogP) is 5.84. The lowest BCUT2D eigenvalue weighted by Gasteiger charge is -2.44. The van der Waals surface area contributed by atoms with Gasteiger partial charge in [0.1, 0.15) is 24.4 Å². The third-order valence-electron chi connectivity index (χ3n) is 9.18. The van der Waals surface area contributed by atoms with E-state index in [2.05, 4.69) is 0 Å². The van der Waals surface area contributed by atoms with E-state index < -0.39 is 40.7 Å². The Morgan fingerprint density at radius 3 is 2.00 bits per heavy atom. The number of hydrogen-bond donors (Lipinski definition) is 2. The van der Waals surface area contributed by atoms with E-state index in [1.165, 1.54) is 3.97 Å². The Hall–Kier alpha value is -3.91. The molecule has 1 saturated heterocycles. The summed E-state index contributed by atoms with van der Waals surface area (Å²) < 4.78 is 60.5. The fourth-order valence-corrected chi connectivity index (χ4v) is 7.81. The van der Waals surface area contributed by atoms with Crippen molar-refractivity contribution in [3.05, 3.63) is 138 Å². The number of rotatable bonds is 19. The van der Waals surface area contributed by atoms with Crippen molar-refractivity contribution in [2.45, 2.75) is 74.5 Å². The van der Waals surface area contributed by atoms with Crippen LogP contribution in [0.1, 0.15) is 36.0 Å². The summed E-state index contributed by atoms with van der Waals surface area (Å²) in [7, 11) is -3.83. The van der Waals surface area contributed by atoms with Crippen molar-refractivity contribution in [3.63, 3.8) is 0 Å². The monoisotopic (exact) mass is 728 g/mol. The Balaban J connectivity index is 1.23. The average Bonchev–Trinajstić information content (AvgIpc) is 3.56. The maximum absolute atomic E-state index is 13.7. The Bertz CT molecular complexity index is 1910.